The maximum absolute atomic E-state index is 5.51. The van der Waals surface area contributed by atoms with Gasteiger partial charge >= 0.3 is 0 Å². The van der Waals surface area contributed by atoms with Gasteiger partial charge < -0.3 is 4.52 Å². The Morgan fingerprint density at radius 1 is 1.27 bits per heavy atom. The Kier molecular flexibility index (Phi) is 4.89. The molecule has 1 fully saturated rings. The van der Waals surface area contributed by atoms with Crippen LogP contribution in [0.4, 0.5) is 0 Å². The van der Waals surface area contributed by atoms with Gasteiger partial charge in [-0.15, -0.1) is 0 Å². The zero-order chi connectivity index (χ0) is 17.9. The summed E-state index contributed by atoms with van der Waals surface area (Å²) in [5.41, 5.74) is 5.88. The number of hydrogen-bond acceptors (Lipinski definition) is 4. The Hall–Kier alpha value is -2.40. The molecule has 1 atom stereocenters. The minimum atomic E-state index is 0.338. The lowest BCUT2D eigenvalue weighted by Gasteiger charge is -2.22. The molecule has 1 aliphatic heterocycles. The minimum Gasteiger partial charge on any atom is -0.361 e. The number of aromatic nitrogens is 3. The number of nitrogens with one attached hydrogen (secondary N) is 1. The average molecular weight is 350 g/mol. The number of aromatic amines is 1. The molecule has 1 N–H and O–H groups in total. The van der Waals surface area contributed by atoms with Crippen LogP contribution in [-0.2, 0) is 13.0 Å². The van der Waals surface area contributed by atoms with E-state index in [0.717, 1.165) is 49.5 Å². The predicted molar refractivity (Wildman–Crippen MR) is 102 cm³/mol. The quantitative estimate of drug-likeness (QED) is 0.702. The molecule has 136 valence electrons. The SMILES string of the molecule is CCCc1cc([C@H]2CCCN2Cc2cn[nH]c2-c2ccc(C)cc2)no1. The van der Waals surface area contributed by atoms with Gasteiger partial charge in [-0.25, -0.2) is 0 Å². The minimum absolute atomic E-state index is 0.338. The molecule has 3 aromatic rings. The highest BCUT2D eigenvalue weighted by atomic mass is 16.5. The molecule has 5 nitrogen and oxygen atoms in total. The van der Waals surface area contributed by atoms with Crippen LogP contribution in [-0.4, -0.2) is 26.8 Å². The van der Waals surface area contributed by atoms with Crippen LogP contribution in [0.25, 0.3) is 11.3 Å². The van der Waals surface area contributed by atoms with Gasteiger partial charge in [-0.3, -0.25) is 10.00 Å². The number of nitrogens with zero attached hydrogens (tertiary/aromatic N) is 3. The van der Waals surface area contributed by atoms with E-state index in [1.807, 2.05) is 6.20 Å². The van der Waals surface area contributed by atoms with Crippen LogP contribution in [0.2, 0.25) is 0 Å². The Balaban J connectivity index is 1.53. The molecule has 0 radical (unpaired) electrons. The van der Waals surface area contributed by atoms with E-state index in [9.17, 15) is 0 Å². The number of rotatable bonds is 6. The van der Waals surface area contributed by atoms with Gasteiger partial charge in [0.15, 0.2) is 0 Å². The van der Waals surface area contributed by atoms with Crippen molar-refractivity contribution in [3.8, 4) is 11.3 Å². The lowest BCUT2D eigenvalue weighted by Crippen LogP contribution is -2.23. The summed E-state index contributed by atoms with van der Waals surface area (Å²) in [6.45, 7) is 6.23. The van der Waals surface area contributed by atoms with Crippen LogP contribution < -0.4 is 0 Å². The molecular formula is C21H26N4O. The number of aryl methyl sites for hydroxylation is 2. The van der Waals surface area contributed by atoms with Gasteiger partial charge in [0, 0.05) is 24.6 Å². The first-order valence-corrected chi connectivity index (χ1v) is 9.53. The zero-order valence-corrected chi connectivity index (χ0v) is 15.5. The number of benzene rings is 1. The van der Waals surface area contributed by atoms with Gasteiger partial charge in [-0.05, 0) is 38.3 Å². The topological polar surface area (TPSA) is 58.0 Å². The number of hydrogen-bond donors (Lipinski definition) is 1. The molecule has 0 amide bonds. The molecule has 5 heteroatoms. The lowest BCUT2D eigenvalue weighted by atomic mass is 10.1. The molecule has 1 aliphatic rings. The van der Waals surface area contributed by atoms with Crippen molar-refractivity contribution >= 4 is 0 Å². The van der Waals surface area contributed by atoms with E-state index in [2.05, 4.69) is 64.4 Å². The van der Waals surface area contributed by atoms with Crippen molar-refractivity contribution in [2.45, 2.75) is 52.1 Å². The van der Waals surface area contributed by atoms with Crippen LogP contribution in [0.15, 0.2) is 41.1 Å². The Labute approximate surface area is 154 Å². The molecule has 0 saturated carbocycles. The second-order valence-corrected chi connectivity index (χ2v) is 7.23. The molecule has 0 aliphatic carbocycles. The van der Waals surface area contributed by atoms with Crippen molar-refractivity contribution in [1.82, 2.24) is 20.3 Å². The second-order valence-electron chi connectivity index (χ2n) is 7.23. The van der Waals surface area contributed by atoms with Gasteiger partial charge in [-0.1, -0.05) is 41.9 Å². The summed E-state index contributed by atoms with van der Waals surface area (Å²) in [5, 5.41) is 11.8. The Bertz CT molecular complexity index is 849. The highest BCUT2D eigenvalue weighted by molar-refractivity contribution is 5.62. The Morgan fingerprint density at radius 2 is 2.12 bits per heavy atom. The summed E-state index contributed by atoms with van der Waals surface area (Å²) in [7, 11) is 0. The fourth-order valence-corrected chi connectivity index (χ4v) is 3.82. The van der Waals surface area contributed by atoms with E-state index in [-0.39, 0.29) is 0 Å². The molecule has 0 bridgehead atoms. The maximum atomic E-state index is 5.51. The van der Waals surface area contributed by atoms with Crippen LogP contribution in [0.3, 0.4) is 0 Å². The van der Waals surface area contributed by atoms with Gasteiger partial charge in [0.05, 0.1) is 17.9 Å². The first-order chi connectivity index (χ1) is 12.7. The van der Waals surface area contributed by atoms with Crippen molar-refractivity contribution in [3.63, 3.8) is 0 Å². The monoisotopic (exact) mass is 350 g/mol. The highest BCUT2D eigenvalue weighted by Gasteiger charge is 2.29. The van der Waals surface area contributed by atoms with E-state index < -0.39 is 0 Å². The third kappa shape index (κ3) is 3.44. The van der Waals surface area contributed by atoms with Crippen LogP contribution in [0.5, 0.6) is 0 Å². The van der Waals surface area contributed by atoms with Gasteiger partial charge in [0.1, 0.15) is 11.5 Å². The van der Waals surface area contributed by atoms with E-state index in [0.29, 0.717) is 6.04 Å². The van der Waals surface area contributed by atoms with E-state index in [1.54, 1.807) is 0 Å². The zero-order valence-electron chi connectivity index (χ0n) is 15.5. The highest BCUT2D eigenvalue weighted by Crippen LogP contribution is 2.34. The van der Waals surface area contributed by atoms with E-state index >= 15 is 0 Å². The smallest absolute Gasteiger partial charge is 0.137 e. The lowest BCUT2D eigenvalue weighted by molar-refractivity contribution is 0.236. The largest absolute Gasteiger partial charge is 0.361 e. The average Bonchev–Trinajstić information content (AvgIpc) is 3.37. The standard InChI is InChI=1S/C21H26N4O/c1-3-5-18-12-19(24-26-18)20-6-4-11-25(20)14-17-13-22-23-21(17)16-9-7-15(2)8-10-16/h7-10,12-13,20H,3-6,11,14H2,1-2H3,(H,22,23)/t20-/m1/s1. The van der Waals surface area contributed by atoms with Crippen molar-refractivity contribution in [3.05, 3.63) is 59.1 Å². The molecule has 1 aromatic carbocycles. The van der Waals surface area contributed by atoms with Crippen molar-refractivity contribution in [1.29, 1.82) is 0 Å². The number of likely N-dealkylation sites (tertiary alicyclic amines) is 1. The maximum Gasteiger partial charge on any atom is 0.137 e. The number of H-pyrrole nitrogens is 1. The third-order valence-electron chi connectivity index (χ3n) is 5.21. The summed E-state index contributed by atoms with van der Waals surface area (Å²) in [4.78, 5) is 2.50. The summed E-state index contributed by atoms with van der Waals surface area (Å²) >= 11 is 0. The molecular weight excluding hydrogens is 324 g/mol. The first kappa shape index (κ1) is 17.0. The fourth-order valence-electron chi connectivity index (χ4n) is 3.82. The molecule has 0 spiro atoms. The van der Waals surface area contributed by atoms with Gasteiger partial charge in [-0.2, -0.15) is 5.10 Å². The first-order valence-electron chi connectivity index (χ1n) is 9.53. The summed E-state index contributed by atoms with van der Waals surface area (Å²) < 4.78 is 5.51. The van der Waals surface area contributed by atoms with Gasteiger partial charge in [0.25, 0.3) is 0 Å². The summed E-state index contributed by atoms with van der Waals surface area (Å²) in [5.74, 6) is 0.998. The van der Waals surface area contributed by atoms with Crippen molar-refractivity contribution in [2.75, 3.05) is 6.54 Å². The van der Waals surface area contributed by atoms with Crippen LogP contribution in [0.1, 0.15) is 54.8 Å². The molecule has 4 rings (SSSR count). The molecule has 2 aromatic heterocycles. The normalized spacial score (nSPS) is 17.8. The second kappa shape index (κ2) is 7.46. The van der Waals surface area contributed by atoms with Gasteiger partial charge in [0.2, 0.25) is 0 Å². The molecule has 0 unspecified atom stereocenters. The third-order valence-corrected chi connectivity index (χ3v) is 5.21. The molecule has 3 heterocycles. The Morgan fingerprint density at radius 3 is 2.92 bits per heavy atom. The van der Waals surface area contributed by atoms with Crippen molar-refractivity contribution in [2.24, 2.45) is 0 Å². The summed E-state index contributed by atoms with van der Waals surface area (Å²) in [6.07, 6.45) is 6.32. The van der Waals surface area contributed by atoms with Crippen molar-refractivity contribution < 1.29 is 4.52 Å². The predicted octanol–water partition coefficient (Wildman–Crippen LogP) is 4.66. The molecule has 1 saturated heterocycles. The van der Waals surface area contributed by atoms with Crippen LogP contribution in [0, 0.1) is 6.92 Å². The summed E-state index contributed by atoms with van der Waals surface area (Å²) in [6, 6.07) is 11.1. The van der Waals surface area contributed by atoms with E-state index in [4.69, 9.17) is 4.52 Å². The molecule has 26 heavy (non-hydrogen) atoms. The van der Waals surface area contributed by atoms with E-state index in [1.165, 1.54) is 23.1 Å². The fraction of sp³-hybridized carbons (Fsp3) is 0.429. The van der Waals surface area contributed by atoms with Crippen LogP contribution >= 0.6 is 0 Å².